The third-order valence-corrected chi connectivity index (χ3v) is 3.39. The molecular formula is C16H17N3. The molecule has 3 rings (SSSR count). The Morgan fingerprint density at radius 3 is 2.79 bits per heavy atom. The second kappa shape index (κ2) is 5.24. The van der Waals surface area contributed by atoms with Gasteiger partial charge in [-0.3, -0.25) is 0 Å². The van der Waals surface area contributed by atoms with Gasteiger partial charge in [-0.15, -0.1) is 0 Å². The molecular weight excluding hydrogens is 234 g/mol. The van der Waals surface area contributed by atoms with Crippen molar-refractivity contribution in [3.05, 3.63) is 66.2 Å². The molecule has 0 fully saturated rings. The molecule has 1 heterocycles. The van der Waals surface area contributed by atoms with Crippen molar-refractivity contribution in [3.63, 3.8) is 0 Å². The second-order valence-corrected chi connectivity index (χ2v) is 4.65. The molecule has 3 nitrogen and oxygen atoms in total. The largest absolute Gasteiger partial charge is 0.330 e. The number of rotatable bonds is 4. The zero-order chi connectivity index (χ0) is 13.1. The highest BCUT2D eigenvalue weighted by molar-refractivity contribution is 5.85. The number of imidazole rings is 1. The highest BCUT2D eigenvalue weighted by Gasteiger charge is 2.05. The number of nitrogens with two attached hydrogens (primary N) is 1. The molecule has 0 saturated heterocycles. The van der Waals surface area contributed by atoms with E-state index in [2.05, 4.69) is 52.0 Å². The molecule has 19 heavy (non-hydrogen) atoms. The Bertz CT molecular complexity index is 680. The van der Waals surface area contributed by atoms with Crippen LogP contribution in [0, 0.1) is 0 Å². The van der Waals surface area contributed by atoms with Crippen LogP contribution in [0.15, 0.2) is 54.9 Å². The quantitative estimate of drug-likeness (QED) is 0.774. The fraction of sp³-hybridized carbons (Fsp3) is 0.188. The van der Waals surface area contributed by atoms with Gasteiger partial charge in [-0.25, -0.2) is 4.98 Å². The van der Waals surface area contributed by atoms with Crippen LogP contribution in [0.25, 0.3) is 10.8 Å². The zero-order valence-electron chi connectivity index (χ0n) is 10.8. The Balaban J connectivity index is 1.99. The lowest BCUT2D eigenvalue weighted by atomic mass is 10.0. The smallest absolute Gasteiger partial charge is 0.110 e. The summed E-state index contributed by atoms with van der Waals surface area (Å²) < 4.78 is 2.18. The average molecular weight is 251 g/mol. The van der Waals surface area contributed by atoms with Gasteiger partial charge in [-0.05, 0) is 22.9 Å². The molecule has 0 aliphatic rings. The number of fused-ring (bicyclic) bond motifs is 1. The highest BCUT2D eigenvalue weighted by Crippen LogP contribution is 2.19. The summed E-state index contributed by atoms with van der Waals surface area (Å²) in [6, 6.07) is 14.9. The van der Waals surface area contributed by atoms with E-state index in [-0.39, 0.29) is 0 Å². The van der Waals surface area contributed by atoms with E-state index in [9.17, 15) is 0 Å². The van der Waals surface area contributed by atoms with Gasteiger partial charge in [-0.1, -0.05) is 42.5 Å². The van der Waals surface area contributed by atoms with Gasteiger partial charge in [0.15, 0.2) is 0 Å². The second-order valence-electron chi connectivity index (χ2n) is 4.65. The minimum atomic E-state index is 0.631. The molecule has 3 heteroatoms. The van der Waals surface area contributed by atoms with Crippen molar-refractivity contribution in [2.75, 3.05) is 6.54 Å². The first kappa shape index (κ1) is 11.9. The van der Waals surface area contributed by atoms with Crippen LogP contribution in [0.3, 0.4) is 0 Å². The third kappa shape index (κ3) is 2.37. The fourth-order valence-electron chi connectivity index (χ4n) is 2.46. The molecule has 3 aromatic rings. The van der Waals surface area contributed by atoms with Gasteiger partial charge in [0.25, 0.3) is 0 Å². The van der Waals surface area contributed by atoms with Crippen LogP contribution < -0.4 is 5.73 Å². The zero-order valence-corrected chi connectivity index (χ0v) is 10.8. The van der Waals surface area contributed by atoms with E-state index in [1.165, 1.54) is 16.3 Å². The van der Waals surface area contributed by atoms with E-state index < -0.39 is 0 Å². The van der Waals surface area contributed by atoms with E-state index in [1.807, 2.05) is 12.4 Å². The summed E-state index contributed by atoms with van der Waals surface area (Å²) in [4.78, 5) is 4.37. The molecule has 0 spiro atoms. The van der Waals surface area contributed by atoms with Crippen molar-refractivity contribution in [1.82, 2.24) is 9.55 Å². The molecule has 0 unspecified atom stereocenters. The lowest BCUT2D eigenvalue weighted by molar-refractivity contribution is 0.719. The summed E-state index contributed by atoms with van der Waals surface area (Å²) in [6.07, 6.45) is 4.68. The average Bonchev–Trinajstić information content (AvgIpc) is 2.87. The lowest BCUT2D eigenvalue weighted by Crippen LogP contribution is -2.10. The molecule has 0 radical (unpaired) electrons. The van der Waals surface area contributed by atoms with Crippen molar-refractivity contribution < 1.29 is 0 Å². The van der Waals surface area contributed by atoms with Gasteiger partial charge < -0.3 is 10.3 Å². The summed E-state index contributed by atoms with van der Waals surface area (Å²) in [7, 11) is 0. The van der Waals surface area contributed by atoms with Crippen LogP contribution in [0.2, 0.25) is 0 Å². The highest BCUT2D eigenvalue weighted by atomic mass is 15.1. The van der Waals surface area contributed by atoms with Crippen molar-refractivity contribution >= 4 is 10.8 Å². The molecule has 2 N–H and O–H groups in total. The maximum atomic E-state index is 5.62. The summed E-state index contributed by atoms with van der Waals surface area (Å²) in [5, 5.41) is 2.58. The molecule has 0 amide bonds. The molecule has 0 atom stereocenters. The molecule has 0 aliphatic heterocycles. The number of aromatic nitrogens is 2. The molecule has 96 valence electrons. The van der Waals surface area contributed by atoms with Gasteiger partial charge in [0.1, 0.15) is 5.82 Å². The van der Waals surface area contributed by atoms with Crippen molar-refractivity contribution in [2.24, 2.45) is 5.73 Å². The van der Waals surface area contributed by atoms with E-state index in [0.717, 1.165) is 18.8 Å². The van der Waals surface area contributed by atoms with Crippen molar-refractivity contribution in [2.45, 2.75) is 13.0 Å². The Labute approximate surface area is 112 Å². The molecule has 2 aromatic carbocycles. The van der Waals surface area contributed by atoms with E-state index in [1.54, 1.807) is 0 Å². The van der Waals surface area contributed by atoms with E-state index in [4.69, 9.17) is 5.73 Å². The van der Waals surface area contributed by atoms with Crippen LogP contribution >= 0.6 is 0 Å². The first-order chi connectivity index (χ1) is 9.38. The predicted octanol–water partition coefficient (Wildman–Crippen LogP) is 2.59. The number of hydrogen-bond acceptors (Lipinski definition) is 2. The van der Waals surface area contributed by atoms with Gasteiger partial charge in [-0.2, -0.15) is 0 Å². The minimum Gasteiger partial charge on any atom is -0.330 e. The minimum absolute atomic E-state index is 0.631. The maximum absolute atomic E-state index is 5.62. The molecule has 1 aromatic heterocycles. The monoisotopic (exact) mass is 251 g/mol. The Morgan fingerprint density at radius 2 is 1.89 bits per heavy atom. The third-order valence-electron chi connectivity index (χ3n) is 3.39. The lowest BCUT2D eigenvalue weighted by Gasteiger charge is -2.10. The number of nitrogens with zero attached hydrogens (tertiary/aromatic N) is 2. The number of hydrogen-bond donors (Lipinski definition) is 1. The van der Waals surface area contributed by atoms with E-state index in [0.29, 0.717) is 6.54 Å². The standard InChI is InChI=1S/C16H17N3/c17-9-8-16-18-10-11-19(16)12-14-6-3-5-13-4-1-2-7-15(13)14/h1-7,10-11H,8-9,12,17H2. The van der Waals surface area contributed by atoms with Gasteiger partial charge >= 0.3 is 0 Å². The van der Waals surface area contributed by atoms with E-state index >= 15 is 0 Å². The van der Waals surface area contributed by atoms with Crippen LogP contribution in [0.1, 0.15) is 11.4 Å². The normalized spacial score (nSPS) is 11.0. The fourth-order valence-corrected chi connectivity index (χ4v) is 2.46. The Kier molecular flexibility index (Phi) is 3.29. The molecule has 0 bridgehead atoms. The van der Waals surface area contributed by atoms with Crippen LogP contribution in [0.4, 0.5) is 0 Å². The topological polar surface area (TPSA) is 43.8 Å². The maximum Gasteiger partial charge on any atom is 0.110 e. The Hall–Kier alpha value is -2.13. The summed E-state index contributed by atoms with van der Waals surface area (Å²) in [6.45, 7) is 1.48. The van der Waals surface area contributed by atoms with Crippen LogP contribution in [0.5, 0.6) is 0 Å². The predicted molar refractivity (Wildman–Crippen MR) is 78.0 cm³/mol. The summed E-state index contributed by atoms with van der Waals surface area (Å²) in [5.74, 6) is 1.05. The molecule has 0 aliphatic carbocycles. The van der Waals surface area contributed by atoms with Crippen molar-refractivity contribution in [1.29, 1.82) is 0 Å². The van der Waals surface area contributed by atoms with Crippen molar-refractivity contribution in [3.8, 4) is 0 Å². The van der Waals surface area contributed by atoms with Crippen LogP contribution in [-0.4, -0.2) is 16.1 Å². The van der Waals surface area contributed by atoms with Crippen LogP contribution in [-0.2, 0) is 13.0 Å². The first-order valence-corrected chi connectivity index (χ1v) is 6.55. The van der Waals surface area contributed by atoms with Gasteiger partial charge in [0.05, 0.1) is 0 Å². The summed E-state index contributed by atoms with van der Waals surface area (Å²) in [5.41, 5.74) is 6.93. The van der Waals surface area contributed by atoms with Gasteiger partial charge in [0.2, 0.25) is 0 Å². The first-order valence-electron chi connectivity index (χ1n) is 6.55. The number of benzene rings is 2. The van der Waals surface area contributed by atoms with Gasteiger partial charge in [0, 0.05) is 25.4 Å². The molecule has 0 saturated carbocycles. The summed E-state index contributed by atoms with van der Waals surface area (Å²) >= 11 is 0. The SMILES string of the molecule is NCCc1nccn1Cc1cccc2ccccc12. The Morgan fingerprint density at radius 1 is 1.05 bits per heavy atom.